The van der Waals surface area contributed by atoms with E-state index >= 15 is 0 Å². The van der Waals surface area contributed by atoms with Crippen molar-refractivity contribution in [3.8, 4) is 0 Å². The third kappa shape index (κ3) is 5.77. The van der Waals surface area contributed by atoms with E-state index in [9.17, 15) is 26.4 Å². The number of carbonyl (C=O) groups is 1. The van der Waals surface area contributed by atoms with E-state index in [4.69, 9.17) is 0 Å². The van der Waals surface area contributed by atoms with Gasteiger partial charge in [-0.05, 0) is 42.2 Å². The first kappa shape index (κ1) is 23.5. The van der Waals surface area contributed by atoms with Gasteiger partial charge in [-0.2, -0.15) is 17.5 Å². The molecule has 0 aromatic heterocycles. The normalized spacial score (nSPS) is 16.5. The van der Waals surface area contributed by atoms with Crippen LogP contribution in [-0.4, -0.2) is 55.9 Å². The minimum atomic E-state index is -4.45. The Bertz CT molecular complexity index is 1020. The van der Waals surface area contributed by atoms with Gasteiger partial charge in [0.25, 0.3) is 0 Å². The molecule has 1 fully saturated rings. The molecule has 31 heavy (non-hydrogen) atoms. The van der Waals surface area contributed by atoms with Gasteiger partial charge >= 0.3 is 6.18 Å². The number of hydrogen-bond donors (Lipinski definition) is 0. The summed E-state index contributed by atoms with van der Waals surface area (Å²) in [5.41, 5.74) is 0. The van der Waals surface area contributed by atoms with Crippen molar-refractivity contribution in [2.24, 2.45) is 5.92 Å². The average Bonchev–Trinajstić information content (AvgIpc) is 2.75. The standard InChI is InChI=1S/C22H27F3N2O3S/c1-2-3-12-26(16-22(23,24)25)21(28)18-10-13-27(14-11-18)31(29,30)20-9-8-17-6-4-5-7-19(17)15-20/h4-9,15,18H,2-3,10-14,16H2,1H3. The van der Waals surface area contributed by atoms with Gasteiger partial charge in [-0.3, -0.25) is 4.79 Å². The highest BCUT2D eigenvalue weighted by Crippen LogP contribution is 2.28. The molecule has 0 bridgehead atoms. The number of carbonyl (C=O) groups excluding carboxylic acids is 1. The second-order valence-electron chi connectivity index (χ2n) is 7.92. The lowest BCUT2D eigenvalue weighted by atomic mass is 9.96. The summed E-state index contributed by atoms with van der Waals surface area (Å²) in [5, 5.41) is 1.75. The summed E-state index contributed by atoms with van der Waals surface area (Å²) in [7, 11) is -3.74. The van der Waals surface area contributed by atoms with Crippen LogP contribution in [-0.2, 0) is 14.8 Å². The maximum absolute atomic E-state index is 13.1. The fraction of sp³-hybridized carbons (Fsp3) is 0.500. The van der Waals surface area contributed by atoms with Crippen LogP contribution in [0.2, 0.25) is 0 Å². The van der Waals surface area contributed by atoms with Crippen molar-refractivity contribution in [1.82, 2.24) is 9.21 Å². The van der Waals surface area contributed by atoms with E-state index in [1.165, 1.54) is 4.31 Å². The van der Waals surface area contributed by atoms with Gasteiger partial charge in [-0.15, -0.1) is 0 Å². The van der Waals surface area contributed by atoms with Crippen LogP contribution in [0.5, 0.6) is 0 Å². The Labute approximate surface area is 180 Å². The minimum Gasteiger partial charge on any atom is -0.333 e. The first-order chi connectivity index (χ1) is 14.6. The fourth-order valence-corrected chi connectivity index (χ4v) is 5.42. The van der Waals surface area contributed by atoms with E-state index < -0.39 is 34.6 Å². The molecular weight excluding hydrogens is 429 g/mol. The predicted octanol–water partition coefficient (Wildman–Crippen LogP) is 4.43. The van der Waals surface area contributed by atoms with Gasteiger partial charge in [0.1, 0.15) is 6.54 Å². The van der Waals surface area contributed by atoms with Crippen LogP contribution in [0.15, 0.2) is 47.4 Å². The fourth-order valence-electron chi connectivity index (χ4n) is 3.91. The highest BCUT2D eigenvalue weighted by molar-refractivity contribution is 7.89. The van der Waals surface area contributed by atoms with Crippen molar-refractivity contribution < 1.29 is 26.4 Å². The van der Waals surface area contributed by atoms with Crippen molar-refractivity contribution in [3.05, 3.63) is 42.5 Å². The van der Waals surface area contributed by atoms with E-state index in [0.717, 1.165) is 15.7 Å². The average molecular weight is 457 g/mol. The summed E-state index contributed by atoms with van der Waals surface area (Å²) >= 11 is 0. The van der Waals surface area contributed by atoms with Crippen molar-refractivity contribution >= 4 is 26.7 Å². The number of fused-ring (bicyclic) bond motifs is 1. The molecule has 0 aliphatic carbocycles. The lowest BCUT2D eigenvalue weighted by molar-refractivity contribution is -0.164. The molecule has 1 aliphatic rings. The Morgan fingerprint density at radius 1 is 1.10 bits per heavy atom. The monoisotopic (exact) mass is 456 g/mol. The predicted molar refractivity (Wildman–Crippen MR) is 113 cm³/mol. The summed E-state index contributed by atoms with van der Waals surface area (Å²) in [6.07, 6.45) is -2.84. The van der Waals surface area contributed by atoms with Gasteiger partial charge in [0.2, 0.25) is 15.9 Å². The van der Waals surface area contributed by atoms with Gasteiger partial charge in [0.05, 0.1) is 4.90 Å². The molecule has 1 saturated heterocycles. The van der Waals surface area contributed by atoms with Gasteiger partial charge in [-0.25, -0.2) is 8.42 Å². The molecule has 2 aromatic carbocycles. The van der Waals surface area contributed by atoms with E-state index in [0.29, 0.717) is 12.8 Å². The molecule has 0 radical (unpaired) electrons. The Morgan fingerprint density at radius 2 is 1.74 bits per heavy atom. The van der Waals surface area contributed by atoms with E-state index in [1.807, 2.05) is 31.2 Å². The van der Waals surface area contributed by atoms with Crippen LogP contribution >= 0.6 is 0 Å². The number of rotatable bonds is 7. The molecule has 0 spiro atoms. The Hall–Kier alpha value is -2.13. The van der Waals surface area contributed by atoms with E-state index in [-0.39, 0.29) is 37.4 Å². The molecule has 0 unspecified atom stereocenters. The lowest BCUT2D eigenvalue weighted by Crippen LogP contribution is -2.47. The SMILES string of the molecule is CCCCN(CC(F)(F)F)C(=O)C1CCN(S(=O)(=O)c2ccc3ccccc3c2)CC1. The molecule has 0 atom stereocenters. The second kappa shape index (κ2) is 9.56. The third-order valence-electron chi connectivity index (χ3n) is 5.63. The largest absolute Gasteiger partial charge is 0.406 e. The quantitative estimate of drug-likeness (QED) is 0.619. The Morgan fingerprint density at radius 3 is 2.35 bits per heavy atom. The summed E-state index contributed by atoms with van der Waals surface area (Å²) < 4.78 is 66.1. The number of unbranched alkanes of at least 4 members (excludes halogenated alkanes) is 1. The molecule has 0 N–H and O–H groups in total. The summed E-state index contributed by atoms with van der Waals surface area (Å²) in [4.78, 5) is 13.8. The van der Waals surface area contributed by atoms with E-state index in [1.54, 1.807) is 18.2 Å². The van der Waals surface area contributed by atoms with E-state index in [2.05, 4.69) is 0 Å². The zero-order valence-electron chi connectivity index (χ0n) is 17.4. The number of halogens is 3. The maximum Gasteiger partial charge on any atom is 0.406 e. The first-order valence-electron chi connectivity index (χ1n) is 10.5. The van der Waals surface area contributed by atoms with Crippen molar-refractivity contribution in [2.45, 2.75) is 43.7 Å². The van der Waals surface area contributed by atoms with Crippen LogP contribution in [0.1, 0.15) is 32.6 Å². The number of alkyl halides is 3. The number of piperidine rings is 1. The second-order valence-corrected chi connectivity index (χ2v) is 9.85. The number of amides is 1. The third-order valence-corrected chi connectivity index (χ3v) is 7.52. The summed E-state index contributed by atoms with van der Waals surface area (Å²) in [5.74, 6) is -1.13. The van der Waals surface area contributed by atoms with Crippen LogP contribution in [0, 0.1) is 5.92 Å². The number of sulfonamides is 1. The molecule has 1 amide bonds. The van der Waals surface area contributed by atoms with Crippen molar-refractivity contribution in [2.75, 3.05) is 26.2 Å². The number of benzene rings is 2. The molecule has 2 aromatic rings. The highest BCUT2D eigenvalue weighted by Gasteiger charge is 2.37. The Balaban J connectivity index is 1.68. The van der Waals surface area contributed by atoms with Gasteiger partial charge in [0, 0.05) is 25.6 Å². The number of hydrogen-bond acceptors (Lipinski definition) is 3. The lowest BCUT2D eigenvalue weighted by Gasteiger charge is -2.34. The number of nitrogens with zero attached hydrogens (tertiary/aromatic N) is 2. The Kier molecular flexibility index (Phi) is 7.26. The molecule has 170 valence electrons. The minimum absolute atomic E-state index is 0.0600. The van der Waals surface area contributed by atoms with Gasteiger partial charge < -0.3 is 4.90 Å². The van der Waals surface area contributed by atoms with Crippen LogP contribution < -0.4 is 0 Å². The van der Waals surface area contributed by atoms with Gasteiger partial charge in [0.15, 0.2) is 0 Å². The molecule has 3 rings (SSSR count). The smallest absolute Gasteiger partial charge is 0.333 e. The van der Waals surface area contributed by atoms with Gasteiger partial charge in [-0.1, -0.05) is 43.7 Å². The summed E-state index contributed by atoms with van der Waals surface area (Å²) in [6, 6.07) is 12.4. The maximum atomic E-state index is 13.1. The van der Waals surface area contributed by atoms with Crippen molar-refractivity contribution in [1.29, 1.82) is 0 Å². The first-order valence-corrected chi connectivity index (χ1v) is 11.9. The van der Waals surface area contributed by atoms with Crippen LogP contribution in [0.4, 0.5) is 13.2 Å². The molecule has 5 nitrogen and oxygen atoms in total. The summed E-state index contributed by atoms with van der Waals surface area (Å²) in [6.45, 7) is 0.872. The van der Waals surface area contributed by atoms with Crippen molar-refractivity contribution in [3.63, 3.8) is 0 Å². The van der Waals surface area contributed by atoms with Crippen LogP contribution in [0.25, 0.3) is 10.8 Å². The molecule has 9 heteroatoms. The molecular formula is C22H27F3N2O3S. The molecule has 1 aliphatic heterocycles. The zero-order valence-corrected chi connectivity index (χ0v) is 18.3. The zero-order chi connectivity index (χ0) is 22.6. The van der Waals surface area contributed by atoms with Crippen LogP contribution in [0.3, 0.4) is 0 Å². The highest BCUT2D eigenvalue weighted by atomic mass is 32.2. The molecule has 0 saturated carbocycles. The topological polar surface area (TPSA) is 57.7 Å². The molecule has 1 heterocycles.